The maximum absolute atomic E-state index is 12.7. The molecule has 2 rings (SSSR count). The van der Waals surface area contributed by atoms with Gasteiger partial charge in [-0.25, -0.2) is 4.79 Å². The zero-order valence-electron chi connectivity index (χ0n) is 21.1. The van der Waals surface area contributed by atoms with E-state index in [1.54, 1.807) is 6.07 Å². The zero-order chi connectivity index (χ0) is 24.2. The summed E-state index contributed by atoms with van der Waals surface area (Å²) in [7, 11) is 0. The monoisotopic (exact) mass is 445 g/mol. The molecule has 0 unspecified atom stereocenters. The number of allylic oxidation sites excluding steroid dienone is 5. The number of hydrogen-bond acceptors (Lipinski definition) is 3. The Hall–Kier alpha value is -3.07. The Balaban J connectivity index is 1.88. The molecule has 0 saturated heterocycles. The van der Waals surface area contributed by atoms with Gasteiger partial charge in [0.15, 0.2) is 0 Å². The fraction of sp³-hybridized carbons (Fsp3) is 0.367. The van der Waals surface area contributed by atoms with Crippen LogP contribution in [0, 0.1) is 13.8 Å². The van der Waals surface area contributed by atoms with Gasteiger partial charge in [0.05, 0.1) is 11.3 Å². The normalized spacial score (nSPS) is 11.8. The molecule has 0 heterocycles. The van der Waals surface area contributed by atoms with Crippen LogP contribution in [0.15, 0.2) is 77.4 Å². The number of rotatable bonds is 11. The van der Waals surface area contributed by atoms with Crippen molar-refractivity contribution in [2.75, 3.05) is 11.9 Å². The van der Waals surface area contributed by atoms with E-state index in [0.29, 0.717) is 5.56 Å². The Labute approximate surface area is 200 Å². The van der Waals surface area contributed by atoms with E-state index in [0.717, 1.165) is 37.1 Å². The highest BCUT2D eigenvalue weighted by molar-refractivity contribution is 5.96. The molecule has 0 aliphatic carbocycles. The number of carbonyl (C=O) groups excluding carboxylic acids is 1. The Bertz CT molecular complexity index is 1020. The molecule has 0 spiro atoms. The van der Waals surface area contributed by atoms with E-state index in [9.17, 15) is 4.79 Å². The summed E-state index contributed by atoms with van der Waals surface area (Å²) in [5.41, 5.74) is 8.71. The standard InChI is InChI=1S/C30H39NO2/c1-22(2)12-9-13-23(3)14-10-15-24(4)20-21-33-30(32)27-17-7-8-18-29(27)31-28-19-11-16-25(5)26(28)6/h7-8,11-12,14,16-20,31H,9-10,13,15,21H2,1-6H3/b23-14+,24-20+. The van der Waals surface area contributed by atoms with Crippen LogP contribution in [0.25, 0.3) is 0 Å². The van der Waals surface area contributed by atoms with Gasteiger partial charge in [0.1, 0.15) is 6.61 Å². The molecule has 0 saturated carbocycles. The number of benzene rings is 2. The summed E-state index contributed by atoms with van der Waals surface area (Å²) in [5, 5.41) is 3.39. The molecule has 0 amide bonds. The van der Waals surface area contributed by atoms with E-state index in [1.807, 2.05) is 36.4 Å². The predicted octanol–water partition coefficient (Wildman–Crippen LogP) is 8.62. The lowest BCUT2D eigenvalue weighted by molar-refractivity contribution is 0.0550. The summed E-state index contributed by atoms with van der Waals surface area (Å²) in [5.74, 6) is -0.317. The van der Waals surface area contributed by atoms with Crippen LogP contribution in [0.3, 0.4) is 0 Å². The van der Waals surface area contributed by atoms with Gasteiger partial charge in [-0.15, -0.1) is 0 Å². The van der Waals surface area contributed by atoms with Gasteiger partial charge in [0.25, 0.3) is 0 Å². The molecule has 2 aromatic rings. The van der Waals surface area contributed by atoms with Crippen LogP contribution < -0.4 is 5.32 Å². The first-order valence-electron chi connectivity index (χ1n) is 11.8. The Kier molecular flexibility index (Phi) is 10.7. The van der Waals surface area contributed by atoms with Gasteiger partial charge in [0, 0.05) is 5.69 Å². The predicted molar refractivity (Wildman–Crippen MR) is 141 cm³/mol. The fourth-order valence-electron chi connectivity index (χ4n) is 3.48. The summed E-state index contributed by atoms with van der Waals surface area (Å²) in [4.78, 5) is 12.7. The first-order chi connectivity index (χ1) is 15.8. The molecule has 2 aromatic carbocycles. The number of ether oxygens (including phenoxy) is 1. The molecular formula is C30H39NO2. The number of nitrogens with one attached hydrogen (secondary N) is 1. The van der Waals surface area contributed by atoms with Gasteiger partial charge in [0.2, 0.25) is 0 Å². The van der Waals surface area contributed by atoms with Gasteiger partial charge in [-0.05, 0) is 103 Å². The van der Waals surface area contributed by atoms with Crippen molar-refractivity contribution in [3.05, 3.63) is 94.1 Å². The van der Waals surface area contributed by atoms with Crippen molar-refractivity contribution >= 4 is 17.3 Å². The highest BCUT2D eigenvalue weighted by Crippen LogP contribution is 2.25. The van der Waals surface area contributed by atoms with E-state index >= 15 is 0 Å². The lowest BCUT2D eigenvalue weighted by atomic mass is 10.1. The number of anilines is 2. The van der Waals surface area contributed by atoms with Crippen LogP contribution in [0.1, 0.15) is 74.9 Å². The fourth-order valence-corrected chi connectivity index (χ4v) is 3.48. The molecule has 0 bridgehead atoms. The average Bonchev–Trinajstić information content (AvgIpc) is 2.77. The second kappa shape index (κ2) is 13.5. The molecule has 0 radical (unpaired) electrons. The molecule has 1 N–H and O–H groups in total. The maximum atomic E-state index is 12.7. The van der Waals surface area contributed by atoms with Gasteiger partial charge in [-0.2, -0.15) is 0 Å². The van der Waals surface area contributed by atoms with Crippen LogP contribution in [0.4, 0.5) is 11.4 Å². The molecule has 0 atom stereocenters. The van der Waals surface area contributed by atoms with Crippen molar-refractivity contribution in [2.45, 2.75) is 67.2 Å². The lowest BCUT2D eigenvalue weighted by Crippen LogP contribution is -2.09. The number of esters is 1. The molecule has 176 valence electrons. The summed E-state index contributed by atoms with van der Waals surface area (Å²) < 4.78 is 5.56. The first kappa shape index (κ1) is 26.2. The van der Waals surface area contributed by atoms with Crippen molar-refractivity contribution in [1.82, 2.24) is 0 Å². The topological polar surface area (TPSA) is 38.3 Å². The van der Waals surface area contributed by atoms with Crippen LogP contribution in [0.5, 0.6) is 0 Å². The number of aryl methyl sites for hydroxylation is 1. The van der Waals surface area contributed by atoms with Crippen molar-refractivity contribution < 1.29 is 9.53 Å². The highest BCUT2D eigenvalue weighted by Gasteiger charge is 2.13. The van der Waals surface area contributed by atoms with E-state index in [-0.39, 0.29) is 12.6 Å². The quantitative estimate of drug-likeness (QED) is 0.278. The SMILES string of the molecule is CC(C)=CCC/C(C)=C/CC/C(C)=C/COC(=O)c1ccccc1Nc1cccc(C)c1C. The lowest BCUT2D eigenvalue weighted by Gasteiger charge is -2.14. The third-order valence-electron chi connectivity index (χ3n) is 5.79. The number of carbonyl (C=O) groups is 1. The van der Waals surface area contributed by atoms with E-state index in [4.69, 9.17) is 4.74 Å². The molecule has 0 aromatic heterocycles. The largest absolute Gasteiger partial charge is 0.458 e. The molecule has 3 heteroatoms. The second-order valence-electron chi connectivity index (χ2n) is 8.98. The minimum absolute atomic E-state index is 0.283. The smallest absolute Gasteiger partial charge is 0.340 e. The van der Waals surface area contributed by atoms with Crippen molar-refractivity contribution in [2.24, 2.45) is 0 Å². The van der Waals surface area contributed by atoms with E-state index in [1.165, 1.54) is 27.8 Å². The summed E-state index contributed by atoms with van der Waals surface area (Å²) in [6, 6.07) is 13.6. The molecule has 0 fully saturated rings. The average molecular weight is 446 g/mol. The summed E-state index contributed by atoms with van der Waals surface area (Å²) >= 11 is 0. The van der Waals surface area contributed by atoms with Gasteiger partial charge in [-0.1, -0.05) is 53.1 Å². The summed E-state index contributed by atoms with van der Waals surface area (Å²) in [6.45, 7) is 13.0. The molecule has 0 aliphatic heterocycles. The van der Waals surface area contributed by atoms with Crippen LogP contribution in [0.2, 0.25) is 0 Å². The van der Waals surface area contributed by atoms with Crippen LogP contribution in [-0.4, -0.2) is 12.6 Å². The van der Waals surface area contributed by atoms with Crippen LogP contribution in [-0.2, 0) is 4.74 Å². The number of para-hydroxylation sites is 1. The number of hydrogen-bond donors (Lipinski definition) is 1. The maximum Gasteiger partial charge on any atom is 0.340 e. The second-order valence-corrected chi connectivity index (χ2v) is 8.98. The Morgan fingerprint density at radius 3 is 2.18 bits per heavy atom. The van der Waals surface area contributed by atoms with E-state index < -0.39 is 0 Å². The van der Waals surface area contributed by atoms with E-state index in [2.05, 4.69) is 65.1 Å². The molecule has 3 nitrogen and oxygen atoms in total. The Morgan fingerprint density at radius 1 is 0.818 bits per heavy atom. The highest BCUT2D eigenvalue weighted by atomic mass is 16.5. The van der Waals surface area contributed by atoms with Crippen LogP contribution >= 0.6 is 0 Å². The molecule has 0 aliphatic rings. The molecular weight excluding hydrogens is 406 g/mol. The third kappa shape index (κ3) is 9.13. The van der Waals surface area contributed by atoms with Gasteiger partial charge in [-0.3, -0.25) is 0 Å². The van der Waals surface area contributed by atoms with Crippen molar-refractivity contribution in [3.63, 3.8) is 0 Å². The Morgan fingerprint density at radius 2 is 1.45 bits per heavy atom. The minimum Gasteiger partial charge on any atom is -0.458 e. The third-order valence-corrected chi connectivity index (χ3v) is 5.79. The summed E-state index contributed by atoms with van der Waals surface area (Å²) in [6.07, 6.45) is 10.8. The van der Waals surface area contributed by atoms with Gasteiger partial charge < -0.3 is 10.1 Å². The van der Waals surface area contributed by atoms with Gasteiger partial charge >= 0.3 is 5.97 Å². The van der Waals surface area contributed by atoms with Crippen molar-refractivity contribution in [1.29, 1.82) is 0 Å². The zero-order valence-corrected chi connectivity index (χ0v) is 21.1. The minimum atomic E-state index is -0.317. The molecule has 33 heavy (non-hydrogen) atoms. The first-order valence-corrected chi connectivity index (χ1v) is 11.8. The van der Waals surface area contributed by atoms with Crippen molar-refractivity contribution in [3.8, 4) is 0 Å².